The molecule has 1 N–H and O–H groups in total. The first-order valence-electron chi connectivity index (χ1n) is 7.90. The summed E-state index contributed by atoms with van der Waals surface area (Å²) in [5.74, 6) is 0.511. The number of nitrogens with one attached hydrogen (secondary N) is 1. The van der Waals surface area contributed by atoms with Gasteiger partial charge in [-0.25, -0.2) is 4.68 Å². The third-order valence-corrected chi connectivity index (χ3v) is 4.14. The summed E-state index contributed by atoms with van der Waals surface area (Å²) in [5.41, 5.74) is 1.34. The molecule has 9 heteroatoms. The van der Waals surface area contributed by atoms with Gasteiger partial charge in [0.05, 0.1) is 28.8 Å². The molecular formula is C17H17Cl2N5O2. The number of rotatable bonds is 7. The highest BCUT2D eigenvalue weighted by Crippen LogP contribution is 2.17. The molecular weight excluding hydrogens is 377 g/mol. The number of halogens is 2. The van der Waals surface area contributed by atoms with Crippen molar-refractivity contribution in [1.29, 1.82) is 0 Å². The molecule has 0 aliphatic heterocycles. The molecule has 3 aromatic rings. The van der Waals surface area contributed by atoms with Crippen molar-refractivity contribution in [3.05, 3.63) is 58.6 Å². The Hall–Kier alpha value is -2.51. The summed E-state index contributed by atoms with van der Waals surface area (Å²) in [6.07, 6.45) is 5.24. The van der Waals surface area contributed by atoms with E-state index in [1.54, 1.807) is 52.2 Å². The van der Waals surface area contributed by atoms with Gasteiger partial charge in [-0.2, -0.15) is 10.2 Å². The van der Waals surface area contributed by atoms with Crippen LogP contribution in [0.15, 0.2) is 42.9 Å². The number of carbonyl (C=O) groups is 1. The van der Waals surface area contributed by atoms with E-state index < -0.39 is 0 Å². The van der Waals surface area contributed by atoms with Crippen molar-refractivity contribution < 1.29 is 9.53 Å². The summed E-state index contributed by atoms with van der Waals surface area (Å²) < 4.78 is 8.82. The van der Waals surface area contributed by atoms with Crippen LogP contribution in [0.1, 0.15) is 12.1 Å². The topological polar surface area (TPSA) is 74.0 Å². The molecule has 0 bridgehead atoms. The zero-order valence-corrected chi connectivity index (χ0v) is 15.5. The molecule has 3 rings (SSSR count). The molecule has 0 saturated heterocycles. The largest absolute Gasteiger partial charge is 0.471 e. The Morgan fingerprint density at radius 3 is 2.85 bits per heavy atom. The van der Waals surface area contributed by atoms with Crippen molar-refractivity contribution in [2.24, 2.45) is 0 Å². The van der Waals surface area contributed by atoms with Gasteiger partial charge in [0.25, 0.3) is 0 Å². The van der Waals surface area contributed by atoms with Crippen LogP contribution in [0.4, 0.5) is 5.69 Å². The summed E-state index contributed by atoms with van der Waals surface area (Å²) in [6, 6.07) is 7.10. The SMILES string of the molecule is Cc1nn(CCC(=O)Nc2cnn(COc3cccc(Cl)c3)c2)cc1Cl. The van der Waals surface area contributed by atoms with Gasteiger partial charge in [0.2, 0.25) is 5.91 Å². The maximum Gasteiger partial charge on any atom is 0.226 e. The molecule has 0 spiro atoms. The number of benzene rings is 1. The molecule has 0 unspecified atom stereocenters. The second-order valence-electron chi connectivity index (χ2n) is 5.62. The number of amides is 1. The zero-order chi connectivity index (χ0) is 18.5. The normalized spacial score (nSPS) is 10.7. The van der Waals surface area contributed by atoms with Crippen LogP contribution in [0.5, 0.6) is 5.75 Å². The molecule has 0 saturated carbocycles. The van der Waals surface area contributed by atoms with E-state index in [2.05, 4.69) is 15.5 Å². The predicted octanol–water partition coefficient (Wildman–Crippen LogP) is 3.76. The van der Waals surface area contributed by atoms with Gasteiger partial charge in [-0.1, -0.05) is 29.3 Å². The molecule has 2 aromatic heterocycles. The van der Waals surface area contributed by atoms with E-state index in [1.807, 2.05) is 6.92 Å². The third kappa shape index (κ3) is 5.00. The molecule has 0 aliphatic rings. The number of aromatic nitrogens is 4. The first-order chi connectivity index (χ1) is 12.5. The maximum atomic E-state index is 12.0. The number of aryl methyl sites for hydroxylation is 2. The fraction of sp³-hybridized carbons (Fsp3) is 0.235. The number of anilines is 1. The van der Waals surface area contributed by atoms with Crippen LogP contribution in [0.3, 0.4) is 0 Å². The molecule has 136 valence electrons. The highest BCUT2D eigenvalue weighted by Gasteiger charge is 2.07. The predicted molar refractivity (Wildman–Crippen MR) is 99.5 cm³/mol. The van der Waals surface area contributed by atoms with Gasteiger partial charge in [0.1, 0.15) is 5.75 Å². The van der Waals surface area contributed by atoms with Crippen molar-refractivity contribution in [1.82, 2.24) is 19.6 Å². The standard InChI is InChI=1S/C17H17Cl2N5O2/c1-12-16(19)10-23(22-12)6-5-17(25)21-14-8-20-24(9-14)11-26-15-4-2-3-13(18)7-15/h2-4,7-10H,5-6,11H2,1H3,(H,21,25). The van der Waals surface area contributed by atoms with E-state index in [1.165, 1.54) is 0 Å². The number of ether oxygens (including phenoxy) is 1. The summed E-state index contributed by atoms with van der Waals surface area (Å²) >= 11 is 11.9. The van der Waals surface area contributed by atoms with Crippen LogP contribution < -0.4 is 10.1 Å². The van der Waals surface area contributed by atoms with Gasteiger partial charge >= 0.3 is 0 Å². The number of nitrogens with zero attached hydrogens (tertiary/aromatic N) is 4. The number of hydrogen-bond donors (Lipinski definition) is 1. The molecule has 1 aromatic carbocycles. The second kappa shape index (κ2) is 8.25. The third-order valence-electron chi connectivity index (χ3n) is 3.53. The van der Waals surface area contributed by atoms with Gasteiger partial charge in [-0.15, -0.1) is 0 Å². The fourth-order valence-electron chi connectivity index (χ4n) is 2.24. The van der Waals surface area contributed by atoms with E-state index >= 15 is 0 Å². The minimum absolute atomic E-state index is 0.135. The lowest BCUT2D eigenvalue weighted by Gasteiger charge is -2.06. The minimum Gasteiger partial charge on any atom is -0.471 e. The van der Waals surface area contributed by atoms with E-state index in [4.69, 9.17) is 27.9 Å². The average Bonchev–Trinajstić information content (AvgIpc) is 3.18. The summed E-state index contributed by atoms with van der Waals surface area (Å²) in [5, 5.41) is 12.3. The number of carbonyl (C=O) groups excluding carboxylic acids is 1. The van der Waals surface area contributed by atoms with Gasteiger partial charge in [-0.05, 0) is 25.1 Å². The molecule has 0 fully saturated rings. The lowest BCUT2D eigenvalue weighted by molar-refractivity contribution is -0.116. The lowest BCUT2D eigenvalue weighted by Crippen LogP contribution is -2.14. The highest BCUT2D eigenvalue weighted by molar-refractivity contribution is 6.31. The first-order valence-corrected chi connectivity index (χ1v) is 8.65. The molecule has 26 heavy (non-hydrogen) atoms. The summed E-state index contributed by atoms with van der Waals surface area (Å²) in [7, 11) is 0. The minimum atomic E-state index is -0.135. The zero-order valence-electron chi connectivity index (χ0n) is 14.0. The van der Waals surface area contributed by atoms with Crippen LogP contribution in [-0.4, -0.2) is 25.5 Å². The van der Waals surface area contributed by atoms with E-state index in [0.717, 1.165) is 5.69 Å². The van der Waals surface area contributed by atoms with E-state index in [-0.39, 0.29) is 19.1 Å². The Kier molecular flexibility index (Phi) is 5.80. The van der Waals surface area contributed by atoms with E-state index in [0.29, 0.717) is 28.0 Å². The van der Waals surface area contributed by atoms with Crippen molar-refractivity contribution in [3.63, 3.8) is 0 Å². The van der Waals surface area contributed by atoms with Crippen LogP contribution in [0, 0.1) is 6.92 Å². The smallest absolute Gasteiger partial charge is 0.226 e. The fourth-order valence-corrected chi connectivity index (χ4v) is 2.57. The van der Waals surface area contributed by atoms with Gasteiger partial charge in [0, 0.05) is 24.2 Å². The number of hydrogen-bond acceptors (Lipinski definition) is 4. The van der Waals surface area contributed by atoms with Crippen molar-refractivity contribution in [3.8, 4) is 5.75 Å². The van der Waals surface area contributed by atoms with Crippen molar-refractivity contribution >= 4 is 34.8 Å². The summed E-state index contributed by atoms with van der Waals surface area (Å²) in [6.45, 7) is 2.48. The molecule has 0 atom stereocenters. The second-order valence-corrected chi connectivity index (χ2v) is 6.47. The Morgan fingerprint density at radius 2 is 2.12 bits per heavy atom. The van der Waals surface area contributed by atoms with Crippen LogP contribution in [0.25, 0.3) is 0 Å². The Morgan fingerprint density at radius 1 is 1.27 bits per heavy atom. The van der Waals surface area contributed by atoms with Gasteiger partial charge in [-0.3, -0.25) is 9.48 Å². The summed E-state index contributed by atoms with van der Waals surface area (Å²) in [4.78, 5) is 12.0. The van der Waals surface area contributed by atoms with Crippen LogP contribution in [0.2, 0.25) is 10.0 Å². The Bertz CT molecular complexity index is 887. The average molecular weight is 394 g/mol. The first kappa shape index (κ1) is 18.3. The Balaban J connectivity index is 1.47. The quantitative estimate of drug-likeness (QED) is 0.662. The molecule has 0 aliphatic carbocycles. The van der Waals surface area contributed by atoms with Crippen LogP contribution >= 0.6 is 23.2 Å². The lowest BCUT2D eigenvalue weighted by atomic mass is 10.3. The molecule has 0 radical (unpaired) electrons. The van der Waals surface area contributed by atoms with Gasteiger partial charge in [0.15, 0.2) is 6.73 Å². The molecule has 1 amide bonds. The maximum absolute atomic E-state index is 12.0. The van der Waals surface area contributed by atoms with E-state index in [9.17, 15) is 4.79 Å². The highest BCUT2D eigenvalue weighted by atomic mass is 35.5. The molecule has 7 nitrogen and oxygen atoms in total. The Labute approximate surface area is 160 Å². The molecule has 2 heterocycles. The monoisotopic (exact) mass is 393 g/mol. The van der Waals surface area contributed by atoms with Crippen molar-refractivity contribution in [2.75, 3.05) is 5.32 Å². The van der Waals surface area contributed by atoms with Crippen LogP contribution in [-0.2, 0) is 18.1 Å². The van der Waals surface area contributed by atoms with Crippen molar-refractivity contribution in [2.45, 2.75) is 26.6 Å². The van der Waals surface area contributed by atoms with Gasteiger partial charge < -0.3 is 10.1 Å².